The van der Waals surface area contributed by atoms with Crippen LogP contribution in [0.15, 0.2) is 36.4 Å². The molecule has 2 aromatic carbocycles. The van der Waals surface area contributed by atoms with Crippen LogP contribution in [0.4, 0.5) is 5.69 Å². The third-order valence-electron chi connectivity index (χ3n) is 3.23. The molecule has 4 nitrogen and oxygen atoms in total. The van der Waals surface area contributed by atoms with Gasteiger partial charge in [-0.05, 0) is 43.7 Å². The first-order chi connectivity index (χ1) is 9.93. The van der Waals surface area contributed by atoms with Gasteiger partial charge in [-0.25, -0.2) is 0 Å². The molecule has 1 amide bonds. The molecule has 0 aromatic heterocycles. The van der Waals surface area contributed by atoms with E-state index in [2.05, 4.69) is 0 Å². The van der Waals surface area contributed by atoms with Crippen LogP contribution in [0.25, 0.3) is 0 Å². The molecule has 0 radical (unpaired) electrons. The summed E-state index contributed by atoms with van der Waals surface area (Å²) in [5.74, 6) is -0.262. The van der Waals surface area contributed by atoms with Crippen LogP contribution in [0.5, 0.6) is 11.5 Å². The molecule has 2 aromatic rings. The zero-order valence-electron chi connectivity index (χ0n) is 11.8. The van der Waals surface area contributed by atoms with Crippen LogP contribution in [0.3, 0.4) is 0 Å². The number of halogens is 1. The lowest BCUT2D eigenvalue weighted by Gasteiger charge is -2.23. The van der Waals surface area contributed by atoms with Crippen molar-refractivity contribution in [2.24, 2.45) is 0 Å². The number of rotatable bonds is 3. The maximum atomic E-state index is 12.7. The summed E-state index contributed by atoms with van der Waals surface area (Å²) in [6.45, 7) is 4.10. The Morgan fingerprint density at radius 1 is 1.14 bits per heavy atom. The van der Waals surface area contributed by atoms with E-state index in [1.54, 1.807) is 12.1 Å². The number of phenols is 2. The Hall–Kier alpha value is -2.20. The quantitative estimate of drug-likeness (QED) is 0.908. The van der Waals surface area contributed by atoms with Crippen LogP contribution in [0, 0.1) is 6.92 Å². The van der Waals surface area contributed by atoms with Crippen molar-refractivity contribution in [1.29, 1.82) is 0 Å². The average molecular weight is 306 g/mol. The number of hydrogen-bond acceptors (Lipinski definition) is 3. The molecule has 0 fully saturated rings. The molecule has 0 unspecified atom stereocenters. The van der Waals surface area contributed by atoms with E-state index in [9.17, 15) is 15.0 Å². The van der Waals surface area contributed by atoms with Gasteiger partial charge < -0.3 is 15.1 Å². The molecule has 2 N–H and O–H groups in total. The van der Waals surface area contributed by atoms with Gasteiger partial charge in [0.25, 0.3) is 5.91 Å². The van der Waals surface area contributed by atoms with E-state index in [-0.39, 0.29) is 28.0 Å². The smallest absolute Gasteiger partial charge is 0.259 e. The normalized spacial score (nSPS) is 10.4. The highest BCUT2D eigenvalue weighted by Crippen LogP contribution is 2.29. The van der Waals surface area contributed by atoms with Crippen LogP contribution in [0.1, 0.15) is 22.8 Å². The predicted octanol–water partition coefficient (Wildman–Crippen LogP) is 3.73. The van der Waals surface area contributed by atoms with Crippen LogP contribution in [-0.2, 0) is 0 Å². The molecule has 0 heterocycles. The first-order valence-electron chi connectivity index (χ1n) is 6.54. The number of amides is 1. The summed E-state index contributed by atoms with van der Waals surface area (Å²) < 4.78 is 0. The maximum Gasteiger partial charge on any atom is 0.259 e. The van der Waals surface area contributed by atoms with Crippen molar-refractivity contribution in [2.75, 3.05) is 11.4 Å². The number of anilines is 1. The second-order valence-electron chi connectivity index (χ2n) is 4.68. The molecule has 0 bridgehead atoms. The van der Waals surface area contributed by atoms with Crippen LogP contribution in [0.2, 0.25) is 5.02 Å². The van der Waals surface area contributed by atoms with E-state index >= 15 is 0 Å². The molecule has 2 rings (SSSR count). The van der Waals surface area contributed by atoms with E-state index in [0.29, 0.717) is 12.2 Å². The first-order valence-corrected chi connectivity index (χ1v) is 6.91. The first kappa shape index (κ1) is 15.2. The number of aromatic hydroxyl groups is 2. The fourth-order valence-electron chi connectivity index (χ4n) is 2.13. The summed E-state index contributed by atoms with van der Waals surface area (Å²) in [6.07, 6.45) is 0. The zero-order chi connectivity index (χ0) is 15.6. The van der Waals surface area contributed by atoms with E-state index in [4.69, 9.17) is 11.6 Å². The highest BCUT2D eigenvalue weighted by molar-refractivity contribution is 6.34. The Morgan fingerprint density at radius 3 is 2.43 bits per heavy atom. The van der Waals surface area contributed by atoms with Crippen molar-refractivity contribution >= 4 is 23.2 Å². The minimum Gasteiger partial charge on any atom is -0.508 e. The summed E-state index contributed by atoms with van der Waals surface area (Å²) in [5.41, 5.74) is 1.70. The lowest BCUT2D eigenvalue weighted by Crippen LogP contribution is -2.31. The number of hydrogen-bond donors (Lipinski definition) is 2. The van der Waals surface area contributed by atoms with E-state index in [1.807, 2.05) is 13.8 Å². The second-order valence-corrected chi connectivity index (χ2v) is 5.09. The van der Waals surface area contributed by atoms with Gasteiger partial charge in [0, 0.05) is 12.6 Å². The van der Waals surface area contributed by atoms with Crippen LogP contribution < -0.4 is 4.90 Å². The summed E-state index contributed by atoms with van der Waals surface area (Å²) in [6, 6.07) is 9.09. The molecule has 0 saturated heterocycles. The Balaban J connectivity index is 2.48. The summed E-state index contributed by atoms with van der Waals surface area (Å²) in [5, 5.41) is 19.4. The molecule has 110 valence electrons. The van der Waals surface area contributed by atoms with Crippen molar-refractivity contribution < 1.29 is 15.0 Å². The number of carbonyl (C=O) groups excluding carboxylic acids is 1. The Labute approximate surface area is 128 Å². The van der Waals surface area contributed by atoms with Gasteiger partial charge in [-0.3, -0.25) is 4.79 Å². The Bertz CT molecular complexity index is 685. The predicted molar refractivity (Wildman–Crippen MR) is 83.3 cm³/mol. The zero-order valence-corrected chi connectivity index (χ0v) is 12.6. The number of carbonyl (C=O) groups is 1. The second kappa shape index (κ2) is 6.06. The van der Waals surface area contributed by atoms with Crippen molar-refractivity contribution in [3.05, 3.63) is 52.5 Å². The van der Waals surface area contributed by atoms with Crippen molar-refractivity contribution in [3.63, 3.8) is 0 Å². The molecule has 0 aliphatic carbocycles. The lowest BCUT2D eigenvalue weighted by molar-refractivity contribution is 0.0988. The standard InChI is InChI=1S/C16H16ClNO3/c1-3-18(15-9-12(20)5-4-10(15)2)16(21)13-8-11(19)6-7-14(13)17/h4-9,19-20H,3H2,1-2H3. The topological polar surface area (TPSA) is 60.8 Å². The summed E-state index contributed by atoms with van der Waals surface area (Å²) >= 11 is 6.04. The molecule has 0 spiro atoms. The van der Waals surface area contributed by atoms with E-state index in [0.717, 1.165) is 5.56 Å². The number of benzene rings is 2. The van der Waals surface area contributed by atoms with Gasteiger partial charge in [0.1, 0.15) is 11.5 Å². The third-order valence-corrected chi connectivity index (χ3v) is 3.55. The Kier molecular flexibility index (Phi) is 4.38. The van der Waals surface area contributed by atoms with E-state index in [1.165, 1.54) is 29.2 Å². The third kappa shape index (κ3) is 3.11. The molecule has 5 heteroatoms. The molecule has 0 aliphatic heterocycles. The van der Waals surface area contributed by atoms with Crippen molar-refractivity contribution in [1.82, 2.24) is 0 Å². The van der Waals surface area contributed by atoms with Gasteiger partial charge in [-0.15, -0.1) is 0 Å². The van der Waals surface area contributed by atoms with Gasteiger partial charge in [0.15, 0.2) is 0 Å². The Morgan fingerprint density at radius 2 is 1.76 bits per heavy atom. The van der Waals surface area contributed by atoms with Gasteiger partial charge >= 0.3 is 0 Å². The van der Waals surface area contributed by atoms with Crippen LogP contribution in [-0.4, -0.2) is 22.7 Å². The van der Waals surface area contributed by atoms with Gasteiger partial charge in [-0.1, -0.05) is 17.7 Å². The SMILES string of the molecule is CCN(C(=O)c1cc(O)ccc1Cl)c1cc(O)ccc1C. The molecular formula is C16H16ClNO3. The minimum absolute atomic E-state index is 0.0218. The van der Waals surface area contributed by atoms with Crippen LogP contribution >= 0.6 is 11.6 Å². The molecular weight excluding hydrogens is 290 g/mol. The van der Waals surface area contributed by atoms with Crippen molar-refractivity contribution in [2.45, 2.75) is 13.8 Å². The van der Waals surface area contributed by atoms with Crippen molar-refractivity contribution in [3.8, 4) is 11.5 Å². The monoisotopic (exact) mass is 305 g/mol. The maximum absolute atomic E-state index is 12.7. The minimum atomic E-state index is -0.327. The highest BCUT2D eigenvalue weighted by atomic mass is 35.5. The largest absolute Gasteiger partial charge is 0.508 e. The number of phenolic OH excluding ortho intramolecular Hbond substituents is 2. The molecule has 21 heavy (non-hydrogen) atoms. The summed E-state index contributed by atoms with van der Waals surface area (Å²) in [7, 11) is 0. The number of aryl methyl sites for hydroxylation is 1. The van der Waals surface area contributed by atoms with Gasteiger partial charge in [0.05, 0.1) is 16.3 Å². The van der Waals surface area contributed by atoms with E-state index < -0.39 is 0 Å². The fraction of sp³-hybridized carbons (Fsp3) is 0.188. The molecule has 0 atom stereocenters. The number of nitrogens with zero attached hydrogens (tertiary/aromatic N) is 1. The van der Waals surface area contributed by atoms with Gasteiger partial charge in [0.2, 0.25) is 0 Å². The van der Waals surface area contributed by atoms with Gasteiger partial charge in [-0.2, -0.15) is 0 Å². The molecule has 0 saturated carbocycles. The highest BCUT2D eigenvalue weighted by Gasteiger charge is 2.21. The fourth-order valence-corrected chi connectivity index (χ4v) is 2.33. The summed E-state index contributed by atoms with van der Waals surface area (Å²) in [4.78, 5) is 14.2. The lowest BCUT2D eigenvalue weighted by atomic mass is 10.1. The average Bonchev–Trinajstić information content (AvgIpc) is 2.46. The molecule has 0 aliphatic rings.